The molecule has 0 bridgehead atoms. The second-order valence-corrected chi connectivity index (χ2v) is 7.59. The molecule has 0 N–H and O–H groups in total. The fraction of sp³-hybridized carbons (Fsp3) is 0.636. The van der Waals surface area contributed by atoms with E-state index in [1.165, 1.54) is 19.3 Å². The topological polar surface area (TPSA) is 46.6 Å². The van der Waals surface area contributed by atoms with Gasteiger partial charge in [0.2, 0.25) is 0 Å². The molecule has 0 aromatic heterocycles. The molecule has 1 heterocycles. The third-order valence-corrected chi connectivity index (χ3v) is 5.94. The maximum absolute atomic E-state index is 13.3. The van der Waals surface area contributed by atoms with Crippen molar-refractivity contribution >= 4 is 17.6 Å². The van der Waals surface area contributed by atoms with Gasteiger partial charge >= 0.3 is 6.09 Å². The van der Waals surface area contributed by atoms with E-state index in [4.69, 9.17) is 4.74 Å². The lowest BCUT2D eigenvalue weighted by atomic mass is 9.71. The van der Waals surface area contributed by atoms with Crippen LogP contribution in [0.2, 0.25) is 0 Å². The van der Waals surface area contributed by atoms with Gasteiger partial charge in [-0.25, -0.2) is 4.79 Å². The zero-order valence-corrected chi connectivity index (χ0v) is 16.1. The summed E-state index contributed by atoms with van der Waals surface area (Å²) in [6.07, 6.45) is 8.44. The minimum absolute atomic E-state index is 0.0664. The van der Waals surface area contributed by atoms with Crippen LogP contribution in [0, 0.1) is 11.8 Å². The second kappa shape index (κ2) is 8.70. The number of benzene rings is 1. The predicted molar refractivity (Wildman–Crippen MR) is 104 cm³/mol. The summed E-state index contributed by atoms with van der Waals surface area (Å²) >= 11 is 0. The van der Waals surface area contributed by atoms with Crippen molar-refractivity contribution in [3.05, 3.63) is 29.8 Å². The molecule has 1 saturated carbocycles. The molecule has 1 aromatic carbocycles. The van der Waals surface area contributed by atoms with E-state index in [9.17, 15) is 9.59 Å². The minimum Gasteiger partial charge on any atom is -0.449 e. The lowest BCUT2D eigenvalue weighted by Crippen LogP contribution is -2.55. The first kappa shape index (κ1) is 18.9. The van der Waals surface area contributed by atoms with E-state index in [1.807, 2.05) is 36.1 Å². The fourth-order valence-electron chi connectivity index (χ4n) is 4.74. The maximum Gasteiger partial charge on any atom is 0.414 e. The zero-order chi connectivity index (χ0) is 18.5. The Morgan fingerprint density at radius 3 is 2.58 bits per heavy atom. The lowest BCUT2D eigenvalue weighted by molar-refractivity contribution is 0.0823. The van der Waals surface area contributed by atoms with E-state index < -0.39 is 0 Å². The number of para-hydroxylation sites is 1. The molecule has 3 rings (SSSR count). The number of rotatable bonds is 5. The molecule has 142 valence electrons. The molecule has 0 unspecified atom stereocenters. The third-order valence-electron chi connectivity index (χ3n) is 5.94. The van der Waals surface area contributed by atoms with Gasteiger partial charge in [0.15, 0.2) is 5.78 Å². The molecule has 0 radical (unpaired) electrons. The van der Waals surface area contributed by atoms with Crippen molar-refractivity contribution < 1.29 is 14.3 Å². The Balaban J connectivity index is 2.05. The van der Waals surface area contributed by atoms with Gasteiger partial charge in [0.25, 0.3) is 0 Å². The van der Waals surface area contributed by atoms with E-state index in [0.29, 0.717) is 18.1 Å². The molecule has 4 heteroatoms. The first-order chi connectivity index (χ1) is 12.7. The molecule has 1 fully saturated rings. The zero-order valence-electron chi connectivity index (χ0n) is 16.1. The highest BCUT2D eigenvalue weighted by Crippen LogP contribution is 2.43. The molecule has 4 nitrogen and oxygen atoms in total. The number of hydrogen-bond donors (Lipinski definition) is 0. The quantitative estimate of drug-likeness (QED) is 0.689. The molecule has 1 aliphatic carbocycles. The van der Waals surface area contributed by atoms with E-state index >= 15 is 0 Å². The Morgan fingerprint density at radius 1 is 1.15 bits per heavy atom. The molecule has 1 amide bonds. The summed E-state index contributed by atoms with van der Waals surface area (Å²) in [6, 6.07) is 7.49. The van der Waals surface area contributed by atoms with Crippen LogP contribution in [0.4, 0.5) is 10.5 Å². The second-order valence-electron chi connectivity index (χ2n) is 7.59. The maximum atomic E-state index is 13.3. The predicted octanol–water partition coefficient (Wildman–Crippen LogP) is 5.60. The number of unbranched alkanes of at least 4 members (excludes halogenated alkanes) is 1. The van der Waals surface area contributed by atoms with Gasteiger partial charge in [0, 0.05) is 11.5 Å². The van der Waals surface area contributed by atoms with Gasteiger partial charge in [-0.3, -0.25) is 9.69 Å². The van der Waals surface area contributed by atoms with Crippen LogP contribution in [0.5, 0.6) is 0 Å². The smallest absolute Gasteiger partial charge is 0.414 e. The summed E-state index contributed by atoms with van der Waals surface area (Å²) in [7, 11) is 0. The highest BCUT2D eigenvalue weighted by atomic mass is 16.6. The van der Waals surface area contributed by atoms with Crippen molar-refractivity contribution in [1.29, 1.82) is 0 Å². The van der Waals surface area contributed by atoms with Gasteiger partial charge in [-0.15, -0.1) is 0 Å². The summed E-state index contributed by atoms with van der Waals surface area (Å²) in [4.78, 5) is 28.1. The van der Waals surface area contributed by atoms with Crippen LogP contribution in [0.1, 0.15) is 75.6 Å². The molecule has 26 heavy (non-hydrogen) atoms. The van der Waals surface area contributed by atoms with E-state index in [2.05, 4.69) is 6.92 Å². The molecule has 0 spiro atoms. The SMILES string of the molecule is CCCC[C@@H]1C(=O)c2ccccc2N(C(=O)OCC)[C@H]1C1CCCCC1. The number of carbonyl (C=O) groups excluding carboxylic acids is 2. The summed E-state index contributed by atoms with van der Waals surface area (Å²) < 4.78 is 5.42. The molecule has 0 saturated heterocycles. The summed E-state index contributed by atoms with van der Waals surface area (Å²) in [6.45, 7) is 4.34. The normalized spacial score (nSPS) is 23.6. The Kier molecular flexibility index (Phi) is 6.33. The van der Waals surface area contributed by atoms with Gasteiger partial charge in [0.1, 0.15) is 0 Å². The first-order valence-electron chi connectivity index (χ1n) is 10.3. The van der Waals surface area contributed by atoms with E-state index in [-0.39, 0.29) is 23.8 Å². The average molecular weight is 357 g/mol. The van der Waals surface area contributed by atoms with Crippen LogP contribution in [0.25, 0.3) is 0 Å². The Morgan fingerprint density at radius 2 is 1.88 bits per heavy atom. The Hall–Kier alpha value is -1.84. The van der Waals surface area contributed by atoms with Gasteiger partial charge in [-0.2, -0.15) is 0 Å². The third kappa shape index (κ3) is 3.65. The fourth-order valence-corrected chi connectivity index (χ4v) is 4.74. The van der Waals surface area contributed by atoms with Gasteiger partial charge in [0.05, 0.1) is 18.3 Å². The van der Waals surface area contributed by atoms with Crippen LogP contribution < -0.4 is 4.90 Å². The highest BCUT2D eigenvalue weighted by Gasteiger charge is 2.46. The number of Topliss-reactive ketones (excluding diaryl/α,β-unsaturated/α-hetero) is 1. The van der Waals surface area contributed by atoms with Crippen molar-refractivity contribution in [2.24, 2.45) is 11.8 Å². The van der Waals surface area contributed by atoms with E-state index in [0.717, 1.165) is 37.8 Å². The van der Waals surface area contributed by atoms with Crippen LogP contribution in [-0.4, -0.2) is 24.5 Å². The van der Waals surface area contributed by atoms with Gasteiger partial charge in [-0.05, 0) is 44.2 Å². The molecular formula is C22H31NO3. The first-order valence-corrected chi connectivity index (χ1v) is 10.3. The number of nitrogens with zero attached hydrogens (tertiary/aromatic N) is 1. The molecule has 1 aliphatic heterocycles. The summed E-state index contributed by atoms with van der Waals surface area (Å²) in [5.74, 6) is 0.481. The van der Waals surface area contributed by atoms with Crippen molar-refractivity contribution in [2.75, 3.05) is 11.5 Å². The van der Waals surface area contributed by atoms with Crippen molar-refractivity contribution in [2.45, 2.75) is 71.3 Å². The number of ether oxygens (including phenoxy) is 1. The number of fused-ring (bicyclic) bond motifs is 1. The van der Waals surface area contributed by atoms with Crippen molar-refractivity contribution in [3.63, 3.8) is 0 Å². The number of hydrogen-bond acceptors (Lipinski definition) is 3. The Labute approximate surface area is 156 Å². The van der Waals surface area contributed by atoms with Crippen LogP contribution in [0.15, 0.2) is 24.3 Å². The number of ketones is 1. The molecule has 2 atom stereocenters. The molecule has 2 aliphatic rings. The van der Waals surface area contributed by atoms with Crippen LogP contribution in [-0.2, 0) is 4.74 Å². The molecular weight excluding hydrogens is 326 g/mol. The van der Waals surface area contributed by atoms with Crippen LogP contribution in [0.3, 0.4) is 0 Å². The number of amides is 1. The monoisotopic (exact) mass is 357 g/mol. The number of anilines is 1. The average Bonchev–Trinajstić information content (AvgIpc) is 2.68. The number of carbonyl (C=O) groups is 2. The van der Waals surface area contributed by atoms with E-state index in [1.54, 1.807) is 0 Å². The summed E-state index contributed by atoms with van der Waals surface area (Å²) in [5, 5.41) is 0. The van der Waals surface area contributed by atoms with Gasteiger partial charge < -0.3 is 4.74 Å². The summed E-state index contributed by atoms with van der Waals surface area (Å²) in [5.41, 5.74) is 1.41. The van der Waals surface area contributed by atoms with Crippen LogP contribution >= 0.6 is 0 Å². The standard InChI is InChI=1S/C22H31NO3/c1-3-5-13-18-20(16-11-7-6-8-12-16)23(22(25)26-4-2)19-15-10-9-14-17(19)21(18)24/h9-10,14-16,18,20H,3-8,11-13H2,1-2H3/t18-,20-/m0/s1. The molecule has 1 aromatic rings. The van der Waals surface area contributed by atoms with Crippen molar-refractivity contribution in [3.8, 4) is 0 Å². The highest BCUT2D eigenvalue weighted by molar-refractivity contribution is 6.09. The Bertz CT molecular complexity index is 636. The largest absolute Gasteiger partial charge is 0.449 e. The lowest BCUT2D eigenvalue weighted by Gasteiger charge is -2.45. The van der Waals surface area contributed by atoms with Gasteiger partial charge in [-0.1, -0.05) is 51.2 Å². The minimum atomic E-state index is -0.301. The van der Waals surface area contributed by atoms with Crippen molar-refractivity contribution in [1.82, 2.24) is 0 Å².